The highest BCUT2D eigenvalue weighted by atomic mass is 16.7. The van der Waals surface area contributed by atoms with Gasteiger partial charge < -0.3 is 9.84 Å². The minimum absolute atomic E-state index is 0.410. The van der Waals surface area contributed by atoms with Crippen LogP contribution in [0.25, 0.3) is 0 Å². The molecular formula is C18H26O3. The Balaban J connectivity index is 1.73. The molecule has 0 saturated heterocycles. The monoisotopic (exact) mass is 290 g/mol. The Morgan fingerprint density at radius 3 is 2.33 bits per heavy atom. The van der Waals surface area contributed by atoms with Crippen molar-refractivity contribution < 1.29 is 14.6 Å². The van der Waals surface area contributed by atoms with Crippen molar-refractivity contribution in [3.05, 3.63) is 35.4 Å². The molecule has 21 heavy (non-hydrogen) atoms. The number of unbranched alkanes of at least 4 members (excludes halogenated alkanes) is 7. The van der Waals surface area contributed by atoms with E-state index in [4.69, 9.17) is 4.74 Å². The summed E-state index contributed by atoms with van der Waals surface area (Å²) in [6.07, 6.45) is 10.1. The molecule has 1 atom stereocenters. The van der Waals surface area contributed by atoms with Crippen LogP contribution in [0.4, 0.5) is 0 Å². The van der Waals surface area contributed by atoms with E-state index in [-0.39, 0.29) is 0 Å². The van der Waals surface area contributed by atoms with E-state index in [9.17, 15) is 9.90 Å². The standard InChI is InChI=1S/C18H26O3/c1-2-3-4-5-6-7-8-11-14-18(20)16-13-10-9-12-15(16)17(19)21-18/h9-10,12-13,20H,2-8,11,14H2,1H3. The largest absolute Gasteiger partial charge is 0.425 e. The minimum Gasteiger partial charge on any atom is -0.425 e. The molecule has 0 radical (unpaired) electrons. The molecule has 0 bridgehead atoms. The van der Waals surface area contributed by atoms with E-state index in [1.54, 1.807) is 18.2 Å². The first-order valence-electron chi connectivity index (χ1n) is 8.22. The fraction of sp³-hybridized carbons (Fsp3) is 0.611. The van der Waals surface area contributed by atoms with E-state index < -0.39 is 11.8 Å². The molecule has 1 unspecified atom stereocenters. The van der Waals surface area contributed by atoms with Gasteiger partial charge in [-0.2, -0.15) is 0 Å². The summed E-state index contributed by atoms with van der Waals surface area (Å²) in [6.45, 7) is 2.22. The molecule has 3 nitrogen and oxygen atoms in total. The average molecular weight is 290 g/mol. The lowest BCUT2D eigenvalue weighted by Gasteiger charge is -2.22. The molecule has 0 aliphatic carbocycles. The molecule has 1 N–H and O–H groups in total. The minimum atomic E-state index is -1.41. The van der Waals surface area contributed by atoms with Gasteiger partial charge in [-0.25, -0.2) is 4.79 Å². The number of hydrogen-bond donors (Lipinski definition) is 1. The van der Waals surface area contributed by atoms with Crippen LogP contribution in [0.2, 0.25) is 0 Å². The highest BCUT2D eigenvalue weighted by Crippen LogP contribution is 2.38. The van der Waals surface area contributed by atoms with Gasteiger partial charge in [0.25, 0.3) is 0 Å². The number of esters is 1. The molecule has 1 aliphatic rings. The zero-order valence-electron chi connectivity index (χ0n) is 12.9. The highest BCUT2D eigenvalue weighted by molar-refractivity contribution is 5.94. The summed E-state index contributed by atoms with van der Waals surface area (Å²) >= 11 is 0. The maximum Gasteiger partial charge on any atom is 0.341 e. The van der Waals surface area contributed by atoms with Gasteiger partial charge in [-0.15, -0.1) is 0 Å². The highest BCUT2D eigenvalue weighted by Gasteiger charge is 2.43. The lowest BCUT2D eigenvalue weighted by atomic mass is 9.97. The van der Waals surface area contributed by atoms with Crippen LogP contribution in [0.5, 0.6) is 0 Å². The third-order valence-corrected chi connectivity index (χ3v) is 4.20. The first-order chi connectivity index (χ1) is 10.2. The Labute approximate surface area is 127 Å². The summed E-state index contributed by atoms with van der Waals surface area (Å²) in [4.78, 5) is 11.7. The van der Waals surface area contributed by atoms with Crippen LogP contribution in [0.15, 0.2) is 24.3 Å². The number of hydrogen-bond acceptors (Lipinski definition) is 3. The Kier molecular flexibility index (Phi) is 5.80. The smallest absolute Gasteiger partial charge is 0.341 e. The molecule has 0 spiro atoms. The number of fused-ring (bicyclic) bond motifs is 1. The van der Waals surface area contributed by atoms with E-state index in [0.717, 1.165) is 12.8 Å². The van der Waals surface area contributed by atoms with Gasteiger partial charge >= 0.3 is 5.97 Å². The molecule has 0 aromatic heterocycles. The lowest BCUT2D eigenvalue weighted by molar-refractivity contribution is -0.168. The summed E-state index contributed by atoms with van der Waals surface area (Å²) < 4.78 is 5.20. The van der Waals surface area contributed by atoms with Crippen molar-refractivity contribution >= 4 is 5.97 Å². The molecule has 116 valence electrons. The molecule has 1 aromatic carbocycles. The van der Waals surface area contributed by atoms with Crippen molar-refractivity contribution in [2.45, 2.75) is 70.5 Å². The molecule has 0 amide bonds. The Bertz CT molecular complexity index is 469. The maximum atomic E-state index is 11.7. The lowest BCUT2D eigenvalue weighted by Crippen LogP contribution is -2.25. The molecule has 1 heterocycles. The first kappa shape index (κ1) is 16.0. The van der Waals surface area contributed by atoms with Crippen LogP contribution in [0, 0.1) is 0 Å². The third kappa shape index (κ3) is 4.07. The quantitative estimate of drug-likeness (QED) is 0.537. The van der Waals surface area contributed by atoms with Gasteiger partial charge in [0.05, 0.1) is 5.56 Å². The molecule has 0 fully saturated rings. The van der Waals surface area contributed by atoms with Crippen LogP contribution in [-0.4, -0.2) is 11.1 Å². The number of aliphatic hydroxyl groups is 1. The summed E-state index contributed by atoms with van der Waals surface area (Å²) in [5, 5.41) is 10.5. The summed E-state index contributed by atoms with van der Waals surface area (Å²) in [5.41, 5.74) is 1.12. The maximum absolute atomic E-state index is 11.7. The van der Waals surface area contributed by atoms with Crippen LogP contribution in [-0.2, 0) is 10.5 Å². The van der Waals surface area contributed by atoms with Gasteiger partial charge in [-0.05, 0) is 12.5 Å². The normalized spacial score (nSPS) is 20.4. The zero-order valence-corrected chi connectivity index (χ0v) is 12.9. The summed E-state index contributed by atoms with van der Waals surface area (Å²) in [6, 6.07) is 7.12. The van der Waals surface area contributed by atoms with Gasteiger partial charge in [0, 0.05) is 12.0 Å². The first-order valence-corrected chi connectivity index (χ1v) is 8.22. The Hall–Kier alpha value is -1.35. The van der Waals surface area contributed by atoms with Gasteiger partial charge in [-0.1, -0.05) is 70.1 Å². The van der Waals surface area contributed by atoms with Crippen LogP contribution < -0.4 is 0 Å². The Morgan fingerprint density at radius 1 is 1.00 bits per heavy atom. The molecule has 2 rings (SSSR count). The summed E-state index contributed by atoms with van der Waals surface area (Å²) in [7, 11) is 0. The predicted octanol–water partition coefficient (Wildman–Crippen LogP) is 4.53. The molecule has 1 aliphatic heterocycles. The van der Waals surface area contributed by atoms with E-state index in [1.807, 2.05) is 6.07 Å². The van der Waals surface area contributed by atoms with Crippen molar-refractivity contribution in [1.82, 2.24) is 0 Å². The topological polar surface area (TPSA) is 46.5 Å². The Morgan fingerprint density at radius 2 is 1.62 bits per heavy atom. The van der Waals surface area contributed by atoms with Gasteiger partial charge in [-0.3, -0.25) is 0 Å². The van der Waals surface area contributed by atoms with E-state index in [0.29, 0.717) is 17.5 Å². The van der Waals surface area contributed by atoms with Gasteiger partial charge in [0.15, 0.2) is 0 Å². The van der Waals surface area contributed by atoms with Crippen molar-refractivity contribution in [2.24, 2.45) is 0 Å². The van der Waals surface area contributed by atoms with E-state index >= 15 is 0 Å². The van der Waals surface area contributed by atoms with Crippen molar-refractivity contribution in [3.8, 4) is 0 Å². The molecule has 3 heteroatoms. The molecule has 1 aromatic rings. The van der Waals surface area contributed by atoms with E-state index in [2.05, 4.69) is 6.92 Å². The van der Waals surface area contributed by atoms with Crippen LogP contribution >= 0.6 is 0 Å². The SMILES string of the molecule is CCCCCCCCCCC1(O)OC(=O)c2ccccc21. The second kappa shape index (κ2) is 7.60. The van der Waals surface area contributed by atoms with Crippen LogP contribution in [0.3, 0.4) is 0 Å². The van der Waals surface area contributed by atoms with E-state index in [1.165, 1.54) is 38.5 Å². The number of ether oxygens (including phenoxy) is 1. The number of cyclic esters (lactones) is 1. The number of carbonyl (C=O) groups excluding carboxylic acids is 1. The van der Waals surface area contributed by atoms with Gasteiger partial charge in [0.2, 0.25) is 5.79 Å². The average Bonchev–Trinajstić information content (AvgIpc) is 2.74. The number of rotatable bonds is 9. The second-order valence-electron chi connectivity index (χ2n) is 5.94. The second-order valence-corrected chi connectivity index (χ2v) is 5.94. The molecule has 0 saturated carbocycles. The fourth-order valence-corrected chi connectivity index (χ4v) is 2.95. The van der Waals surface area contributed by atoms with Crippen molar-refractivity contribution in [3.63, 3.8) is 0 Å². The fourth-order valence-electron chi connectivity index (χ4n) is 2.95. The predicted molar refractivity (Wildman–Crippen MR) is 83.0 cm³/mol. The number of benzene rings is 1. The van der Waals surface area contributed by atoms with Crippen molar-refractivity contribution in [2.75, 3.05) is 0 Å². The summed E-state index contributed by atoms with van der Waals surface area (Å²) in [5.74, 6) is -1.82. The third-order valence-electron chi connectivity index (χ3n) is 4.20. The molecular weight excluding hydrogens is 264 g/mol. The van der Waals surface area contributed by atoms with Crippen LogP contribution in [0.1, 0.15) is 80.6 Å². The number of carbonyl (C=O) groups is 1. The van der Waals surface area contributed by atoms with Gasteiger partial charge in [0.1, 0.15) is 0 Å². The zero-order chi connectivity index (χ0) is 15.1. The van der Waals surface area contributed by atoms with Crippen molar-refractivity contribution in [1.29, 1.82) is 0 Å².